The molecule has 108 valence electrons. The summed E-state index contributed by atoms with van der Waals surface area (Å²) in [5, 5.41) is 14.2. The first kappa shape index (κ1) is 15.0. The zero-order valence-electron chi connectivity index (χ0n) is 11.1. The first-order valence-electron chi connectivity index (χ1n) is 6.74. The van der Waals surface area contributed by atoms with E-state index in [1.807, 2.05) is 24.3 Å². The van der Waals surface area contributed by atoms with Crippen molar-refractivity contribution in [1.82, 2.24) is 10.3 Å². The Labute approximate surface area is 123 Å². The van der Waals surface area contributed by atoms with Gasteiger partial charge in [0.05, 0.1) is 6.61 Å². The number of aromatic nitrogens is 1. The molecule has 1 saturated heterocycles. The summed E-state index contributed by atoms with van der Waals surface area (Å²) in [6.07, 6.45) is 1.86. The number of hydrogen-bond donors (Lipinski definition) is 3. The van der Waals surface area contributed by atoms with E-state index in [0.29, 0.717) is 5.92 Å². The molecule has 1 aliphatic heterocycles. The van der Waals surface area contributed by atoms with E-state index in [0.717, 1.165) is 35.9 Å². The van der Waals surface area contributed by atoms with Crippen molar-refractivity contribution in [3.63, 3.8) is 0 Å². The van der Waals surface area contributed by atoms with Crippen molar-refractivity contribution in [1.29, 1.82) is 0 Å². The van der Waals surface area contributed by atoms with Crippen LogP contribution in [0.25, 0.3) is 10.8 Å². The Morgan fingerprint density at radius 1 is 1.30 bits per heavy atom. The predicted octanol–water partition coefficient (Wildman–Crippen LogP) is 1.78. The third-order valence-corrected chi connectivity index (χ3v) is 3.93. The third kappa shape index (κ3) is 2.87. The lowest BCUT2D eigenvalue weighted by Gasteiger charge is -2.29. The maximum absolute atomic E-state index is 12.1. The number of H-pyrrole nitrogens is 1. The Morgan fingerprint density at radius 2 is 2.10 bits per heavy atom. The highest BCUT2D eigenvalue weighted by atomic mass is 35.5. The number of nitrogens with one attached hydrogen (secondary N) is 2. The number of benzene rings is 1. The smallest absolute Gasteiger partial charge is 0.256 e. The van der Waals surface area contributed by atoms with Gasteiger partial charge in [-0.15, -0.1) is 12.4 Å². The molecular weight excluding hydrogens is 276 g/mol. The first-order chi connectivity index (χ1) is 9.28. The third-order valence-electron chi connectivity index (χ3n) is 3.93. The van der Waals surface area contributed by atoms with Crippen molar-refractivity contribution in [3.8, 4) is 0 Å². The average molecular weight is 295 g/mol. The molecule has 0 aliphatic carbocycles. The van der Waals surface area contributed by atoms with E-state index in [2.05, 4.69) is 16.4 Å². The predicted molar refractivity (Wildman–Crippen MR) is 82.7 cm³/mol. The Morgan fingerprint density at radius 3 is 2.90 bits per heavy atom. The second-order valence-electron chi connectivity index (χ2n) is 5.20. The molecule has 3 rings (SSSR count). The summed E-state index contributed by atoms with van der Waals surface area (Å²) in [6.45, 7) is 1.03. The molecule has 0 bridgehead atoms. The highest BCUT2D eigenvalue weighted by molar-refractivity contribution is 5.85. The summed E-state index contributed by atoms with van der Waals surface area (Å²) >= 11 is 0. The van der Waals surface area contributed by atoms with Crippen LogP contribution >= 0.6 is 12.4 Å². The van der Waals surface area contributed by atoms with Crippen molar-refractivity contribution < 1.29 is 5.11 Å². The van der Waals surface area contributed by atoms with Gasteiger partial charge in [-0.3, -0.25) is 4.79 Å². The molecule has 0 radical (unpaired) electrons. The summed E-state index contributed by atoms with van der Waals surface area (Å²) in [7, 11) is 0. The summed E-state index contributed by atoms with van der Waals surface area (Å²) in [5.74, 6) is 0.315. The summed E-state index contributed by atoms with van der Waals surface area (Å²) < 4.78 is 0. The molecule has 1 aliphatic rings. The normalized spacial score (nSPS) is 22.4. The van der Waals surface area contributed by atoms with Gasteiger partial charge in [-0.2, -0.15) is 0 Å². The van der Waals surface area contributed by atoms with E-state index in [1.54, 1.807) is 0 Å². The minimum atomic E-state index is -0.0211. The SMILES string of the molecule is Cl.O=c1[nH]c(C2CCNC(CO)C2)cc2ccccc12. The molecule has 2 heterocycles. The fraction of sp³-hybridized carbons (Fsp3) is 0.400. The second-order valence-corrected chi connectivity index (χ2v) is 5.20. The monoisotopic (exact) mass is 294 g/mol. The molecule has 1 aromatic carbocycles. The van der Waals surface area contributed by atoms with Gasteiger partial charge in [0.1, 0.15) is 0 Å². The van der Waals surface area contributed by atoms with Gasteiger partial charge in [0.2, 0.25) is 0 Å². The van der Waals surface area contributed by atoms with Crippen molar-refractivity contribution in [2.75, 3.05) is 13.2 Å². The Balaban J connectivity index is 0.00000147. The van der Waals surface area contributed by atoms with Gasteiger partial charge in [0.15, 0.2) is 0 Å². The molecule has 2 aromatic rings. The van der Waals surface area contributed by atoms with Gasteiger partial charge < -0.3 is 15.4 Å². The van der Waals surface area contributed by atoms with Crippen molar-refractivity contribution in [2.45, 2.75) is 24.8 Å². The number of aliphatic hydroxyl groups is 1. The highest BCUT2D eigenvalue weighted by Crippen LogP contribution is 2.27. The average Bonchev–Trinajstić information content (AvgIpc) is 2.47. The summed E-state index contributed by atoms with van der Waals surface area (Å²) in [5.41, 5.74) is 0.968. The van der Waals surface area contributed by atoms with E-state index < -0.39 is 0 Å². The molecule has 0 amide bonds. The number of aromatic amines is 1. The first-order valence-corrected chi connectivity index (χ1v) is 6.74. The fourth-order valence-electron chi connectivity index (χ4n) is 2.88. The number of halogens is 1. The molecule has 0 spiro atoms. The molecule has 2 atom stereocenters. The Kier molecular flexibility index (Phi) is 4.81. The molecular formula is C15H19ClN2O2. The lowest BCUT2D eigenvalue weighted by molar-refractivity contribution is 0.209. The zero-order chi connectivity index (χ0) is 13.2. The summed E-state index contributed by atoms with van der Waals surface area (Å²) in [6, 6.07) is 9.85. The van der Waals surface area contributed by atoms with Crippen molar-refractivity contribution >= 4 is 23.2 Å². The maximum Gasteiger partial charge on any atom is 0.256 e. The van der Waals surface area contributed by atoms with E-state index in [4.69, 9.17) is 0 Å². The van der Waals surface area contributed by atoms with Crippen LogP contribution in [-0.2, 0) is 0 Å². The molecule has 2 unspecified atom stereocenters. The minimum absolute atomic E-state index is 0. The van der Waals surface area contributed by atoms with Gasteiger partial charge in [-0.05, 0) is 36.9 Å². The van der Waals surface area contributed by atoms with Crippen LogP contribution in [0, 0.1) is 0 Å². The van der Waals surface area contributed by atoms with E-state index in [1.165, 1.54) is 0 Å². The summed E-state index contributed by atoms with van der Waals surface area (Å²) in [4.78, 5) is 15.1. The van der Waals surface area contributed by atoms with Crippen LogP contribution in [0.2, 0.25) is 0 Å². The van der Waals surface area contributed by atoms with Crippen LogP contribution < -0.4 is 10.9 Å². The molecule has 4 nitrogen and oxygen atoms in total. The molecule has 1 aromatic heterocycles. The van der Waals surface area contributed by atoms with E-state index in [-0.39, 0.29) is 30.6 Å². The van der Waals surface area contributed by atoms with Crippen LogP contribution in [0.5, 0.6) is 0 Å². The van der Waals surface area contributed by atoms with Gasteiger partial charge in [0, 0.05) is 23.0 Å². The quantitative estimate of drug-likeness (QED) is 0.791. The highest BCUT2D eigenvalue weighted by Gasteiger charge is 2.23. The second kappa shape index (κ2) is 6.39. The van der Waals surface area contributed by atoms with Gasteiger partial charge in [-0.25, -0.2) is 0 Å². The fourth-order valence-corrected chi connectivity index (χ4v) is 2.88. The van der Waals surface area contributed by atoms with Crippen LogP contribution in [0.3, 0.4) is 0 Å². The van der Waals surface area contributed by atoms with E-state index in [9.17, 15) is 9.90 Å². The van der Waals surface area contributed by atoms with E-state index >= 15 is 0 Å². The standard InChI is InChI=1S/C15H18N2O2.ClH/c18-9-12-7-11(5-6-16-12)14-8-10-3-1-2-4-13(10)15(19)17-14;/h1-4,8,11-12,16,18H,5-7,9H2,(H,17,19);1H. The lowest BCUT2D eigenvalue weighted by atomic mass is 9.89. The zero-order valence-corrected chi connectivity index (χ0v) is 12.0. The molecule has 5 heteroatoms. The van der Waals surface area contributed by atoms with Gasteiger partial charge >= 0.3 is 0 Å². The van der Waals surface area contributed by atoms with Crippen LogP contribution in [0.15, 0.2) is 35.1 Å². The van der Waals surface area contributed by atoms with Crippen LogP contribution in [0.4, 0.5) is 0 Å². The number of pyridine rings is 1. The van der Waals surface area contributed by atoms with Crippen molar-refractivity contribution in [3.05, 3.63) is 46.4 Å². The molecule has 0 saturated carbocycles. The Hall–Kier alpha value is -1.36. The largest absolute Gasteiger partial charge is 0.395 e. The molecule has 1 fully saturated rings. The number of hydrogen-bond acceptors (Lipinski definition) is 3. The van der Waals surface area contributed by atoms with Gasteiger partial charge in [0.25, 0.3) is 5.56 Å². The van der Waals surface area contributed by atoms with Gasteiger partial charge in [-0.1, -0.05) is 18.2 Å². The topological polar surface area (TPSA) is 65.1 Å². The van der Waals surface area contributed by atoms with Crippen LogP contribution in [-0.4, -0.2) is 29.3 Å². The number of aliphatic hydroxyl groups excluding tert-OH is 1. The lowest BCUT2D eigenvalue weighted by Crippen LogP contribution is -2.40. The Bertz CT molecular complexity index is 641. The van der Waals surface area contributed by atoms with Crippen molar-refractivity contribution in [2.24, 2.45) is 0 Å². The maximum atomic E-state index is 12.1. The number of fused-ring (bicyclic) bond motifs is 1. The molecule has 20 heavy (non-hydrogen) atoms. The molecule has 3 N–H and O–H groups in total. The number of rotatable bonds is 2. The minimum Gasteiger partial charge on any atom is -0.395 e. The van der Waals surface area contributed by atoms with Crippen LogP contribution in [0.1, 0.15) is 24.5 Å². The number of piperidine rings is 1.